The third-order valence-electron chi connectivity index (χ3n) is 4.12. The summed E-state index contributed by atoms with van der Waals surface area (Å²) < 4.78 is 11.2. The Bertz CT molecular complexity index is 1010. The van der Waals surface area contributed by atoms with Gasteiger partial charge in [0, 0.05) is 17.4 Å². The molecule has 0 atom stereocenters. The number of benzene rings is 2. The molecule has 24 heavy (non-hydrogen) atoms. The number of ether oxygens (including phenoxy) is 2. The highest BCUT2D eigenvalue weighted by molar-refractivity contribution is 6.04. The predicted octanol–water partition coefficient (Wildman–Crippen LogP) is 3.11. The standard InChI is InChI=1S/C18H16N4O2/c1-23-15-9-12-14-10-19-21-18(14)22-20-16(12)13(17(15)24-2)8-11-6-4-3-5-7-11/h3-7,9-10H,8H2,1-2H3,(H,19,21,22). The summed E-state index contributed by atoms with van der Waals surface area (Å²) >= 11 is 0. The lowest BCUT2D eigenvalue weighted by atomic mass is 9.99. The fourth-order valence-electron chi connectivity index (χ4n) is 3.00. The van der Waals surface area contributed by atoms with Crippen LogP contribution in [-0.4, -0.2) is 34.6 Å². The number of aromatic nitrogens is 4. The maximum absolute atomic E-state index is 5.63. The van der Waals surface area contributed by atoms with Crippen LogP contribution in [0.3, 0.4) is 0 Å². The average molecular weight is 320 g/mol. The van der Waals surface area contributed by atoms with Crippen molar-refractivity contribution < 1.29 is 9.47 Å². The monoisotopic (exact) mass is 320 g/mol. The fourth-order valence-corrected chi connectivity index (χ4v) is 3.00. The van der Waals surface area contributed by atoms with Crippen LogP contribution in [0.4, 0.5) is 0 Å². The van der Waals surface area contributed by atoms with E-state index in [2.05, 4.69) is 32.5 Å². The topological polar surface area (TPSA) is 72.9 Å². The fraction of sp³-hybridized carbons (Fsp3) is 0.167. The Kier molecular flexibility index (Phi) is 3.49. The lowest BCUT2D eigenvalue weighted by molar-refractivity contribution is 0.353. The molecule has 0 saturated carbocycles. The summed E-state index contributed by atoms with van der Waals surface area (Å²) in [7, 11) is 3.28. The third-order valence-corrected chi connectivity index (χ3v) is 4.12. The number of hydrogen-bond donors (Lipinski definition) is 1. The van der Waals surface area contributed by atoms with Crippen molar-refractivity contribution in [3.8, 4) is 11.5 Å². The highest BCUT2D eigenvalue weighted by atomic mass is 16.5. The molecule has 4 rings (SSSR count). The van der Waals surface area contributed by atoms with Crippen molar-refractivity contribution in [2.45, 2.75) is 6.42 Å². The SMILES string of the molecule is COc1cc2c(nnc3[nH]ncc32)c(Cc2ccccc2)c1OC. The first-order valence-electron chi connectivity index (χ1n) is 7.59. The van der Waals surface area contributed by atoms with E-state index in [9.17, 15) is 0 Å². The Morgan fingerprint density at radius 1 is 1.00 bits per heavy atom. The van der Waals surface area contributed by atoms with Gasteiger partial charge in [0.25, 0.3) is 0 Å². The zero-order valence-electron chi connectivity index (χ0n) is 13.4. The minimum atomic E-state index is 0.653. The van der Waals surface area contributed by atoms with Gasteiger partial charge in [0.2, 0.25) is 0 Å². The molecule has 2 aromatic heterocycles. The van der Waals surface area contributed by atoms with Gasteiger partial charge < -0.3 is 9.47 Å². The largest absolute Gasteiger partial charge is 0.493 e. The molecular weight excluding hydrogens is 304 g/mol. The van der Waals surface area contributed by atoms with Crippen LogP contribution >= 0.6 is 0 Å². The molecule has 0 unspecified atom stereocenters. The van der Waals surface area contributed by atoms with E-state index < -0.39 is 0 Å². The van der Waals surface area contributed by atoms with Gasteiger partial charge in [-0.1, -0.05) is 30.3 Å². The van der Waals surface area contributed by atoms with Gasteiger partial charge in [-0.3, -0.25) is 5.10 Å². The van der Waals surface area contributed by atoms with Crippen LogP contribution in [0.25, 0.3) is 21.9 Å². The van der Waals surface area contributed by atoms with Crippen LogP contribution in [0.15, 0.2) is 42.6 Å². The van der Waals surface area contributed by atoms with Gasteiger partial charge >= 0.3 is 0 Å². The molecule has 1 N–H and O–H groups in total. The molecule has 4 aromatic rings. The average Bonchev–Trinajstić information content (AvgIpc) is 3.11. The molecule has 0 spiro atoms. The Balaban J connectivity index is 2.03. The first-order chi connectivity index (χ1) is 11.8. The van der Waals surface area contributed by atoms with Gasteiger partial charge in [0.05, 0.1) is 25.8 Å². The highest BCUT2D eigenvalue weighted by Gasteiger charge is 2.19. The molecule has 0 fully saturated rings. The van der Waals surface area contributed by atoms with Crippen LogP contribution in [-0.2, 0) is 6.42 Å². The van der Waals surface area contributed by atoms with Gasteiger partial charge in [-0.2, -0.15) is 5.10 Å². The molecule has 6 heteroatoms. The number of H-pyrrole nitrogens is 1. The quantitative estimate of drug-likeness (QED) is 0.625. The van der Waals surface area contributed by atoms with Crippen LogP contribution in [0, 0.1) is 0 Å². The number of methoxy groups -OCH3 is 2. The van der Waals surface area contributed by atoms with Crippen molar-refractivity contribution in [2.24, 2.45) is 0 Å². The first-order valence-corrected chi connectivity index (χ1v) is 7.59. The molecule has 2 heterocycles. The lowest BCUT2D eigenvalue weighted by Crippen LogP contribution is -2.01. The number of nitrogens with zero attached hydrogens (tertiary/aromatic N) is 3. The summed E-state index contributed by atoms with van der Waals surface area (Å²) in [6, 6.07) is 12.1. The minimum Gasteiger partial charge on any atom is -0.493 e. The number of nitrogens with one attached hydrogen (secondary N) is 1. The number of hydrogen-bond acceptors (Lipinski definition) is 5. The summed E-state index contributed by atoms with van der Waals surface area (Å²) in [5.41, 5.74) is 3.57. The van der Waals surface area contributed by atoms with Crippen LogP contribution in [0.1, 0.15) is 11.1 Å². The maximum Gasteiger partial charge on any atom is 0.178 e. The second-order valence-electron chi connectivity index (χ2n) is 5.48. The van der Waals surface area contributed by atoms with Gasteiger partial charge in [0.15, 0.2) is 17.1 Å². The predicted molar refractivity (Wildman–Crippen MR) is 91.5 cm³/mol. The summed E-state index contributed by atoms with van der Waals surface area (Å²) in [6.07, 6.45) is 2.43. The summed E-state index contributed by atoms with van der Waals surface area (Å²) in [5, 5.41) is 17.4. The summed E-state index contributed by atoms with van der Waals surface area (Å²) in [5.74, 6) is 1.36. The molecule has 0 radical (unpaired) electrons. The molecule has 6 nitrogen and oxygen atoms in total. The van der Waals surface area contributed by atoms with Gasteiger partial charge in [-0.05, 0) is 11.6 Å². The molecule has 0 aliphatic carbocycles. The molecule has 120 valence electrons. The Hall–Kier alpha value is -3.15. The zero-order valence-corrected chi connectivity index (χ0v) is 13.4. The minimum absolute atomic E-state index is 0.653. The molecule has 0 amide bonds. The summed E-state index contributed by atoms with van der Waals surface area (Å²) in [4.78, 5) is 0. The van der Waals surface area contributed by atoms with E-state index >= 15 is 0 Å². The lowest BCUT2D eigenvalue weighted by Gasteiger charge is -2.15. The van der Waals surface area contributed by atoms with Crippen LogP contribution in [0.2, 0.25) is 0 Å². The second kappa shape index (κ2) is 5.81. The molecule has 0 bridgehead atoms. The molecule has 0 aliphatic rings. The number of aromatic amines is 1. The van der Waals surface area contributed by atoms with Crippen molar-refractivity contribution >= 4 is 21.9 Å². The van der Waals surface area contributed by atoms with E-state index in [0.717, 1.165) is 21.9 Å². The van der Waals surface area contributed by atoms with Crippen molar-refractivity contribution in [1.29, 1.82) is 0 Å². The van der Waals surface area contributed by atoms with Crippen molar-refractivity contribution in [3.05, 3.63) is 53.7 Å². The second-order valence-corrected chi connectivity index (χ2v) is 5.48. The van der Waals surface area contributed by atoms with E-state index in [0.29, 0.717) is 23.6 Å². The van der Waals surface area contributed by atoms with Gasteiger partial charge in [-0.15, -0.1) is 10.2 Å². The normalized spacial score (nSPS) is 11.1. The maximum atomic E-state index is 5.63. The smallest absolute Gasteiger partial charge is 0.178 e. The highest BCUT2D eigenvalue weighted by Crippen LogP contribution is 2.39. The van der Waals surface area contributed by atoms with E-state index in [4.69, 9.17) is 9.47 Å². The van der Waals surface area contributed by atoms with E-state index in [1.807, 2.05) is 24.3 Å². The van der Waals surface area contributed by atoms with Crippen molar-refractivity contribution in [3.63, 3.8) is 0 Å². The molecular formula is C18H16N4O2. The van der Waals surface area contributed by atoms with Crippen LogP contribution < -0.4 is 9.47 Å². The number of rotatable bonds is 4. The molecule has 2 aromatic carbocycles. The van der Waals surface area contributed by atoms with Crippen molar-refractivity contribution in [1.82, 2.24) is 20.4 Å². The Morgan fingerprint density at radius 3 is 2.58 bits per heavy atom. The molecule has 0 aliphatic heterocycles. The van der Waals surface area contributed by atoms with E-state index in [1.54, 1.807) is 20.4 Å². The summed E-state index contributed by atoms with van der Waals surface area (Å²) in [6.45, 7) is 0. The van der Waals surface area contributed by atoms with E-state index in [-0.39, 0.29) is 0 Å². The Labute approximate surface area is 138 Å². The first kappa shape index (κ1) is 14.4. The number of fused-ring (bicyclic) bond motifs is 3. The van der Waals surface area contributed by atoms with E-state index in [1.165, 1.54) is 5.56 Å². The van der Waals surface area contributed by atoms with Gasteiger partial charge in [-0.25, -0.2) is 0 Å². The van der Waals surface area contributed by atoms with Crippen molar-refractivity contribution in [2.75, 3.05) is 14.2 Å². The zero-order chi connectivity index (χ0) is 16.5. The molecule has 0 saturated heterocycles. The van der Waals surface area contributed by atoms with Gasteiger partial charge in [0.1, 0.15) is 5.52 Å². The third kappa shape index (κ3) is 2.23. The Morgan fingerprint density at radius 2 is 1.83 bits per heavy atom. The van der Waals surface area contributed by atoms with Crippen LogP contribution in [0.5, 0.6) is 11.5 Å².